The molecular formula is C13H10N2O3S. The molecule has 96 valence electrons. The lowest BCUT2D eigenvalue weighted by Crippen LogP contribution is -1.99. The van der Waals surface area contributed by atoms with Crippen molar-refractivity contribution in [1.82, 2.24) is 9.97 Å². The van der Waals surface area contributed by atoms with Crippen LogP contribution < -0.4 is 4.74 Å². The van der Waals surface area contributed by atoms with Crippen molar-refractivity contribution in [3.05, 3.63) is 46.5 Å². The highest BCUT2D eigenvalue weighted by Gasteiger charge is 2.09. The molecule has 5 nitrogen and oxygen atoms in total. The highest BCUT2D eigenvalue weighted by Crippen LogP contribution is 2.25. The van der Waals surface area contributed by atoms with Crippen molar-refractivity contribution in [1.29, 1.82) is 0 Å². The number of carbonyl (C=O) groups is 1. The Morgan fingerprint density at radius 1 is 1.42 bits per heavy atom. The molecule has 0 aliphatic heterocycles. The van der Waals surface area contributed by atoms with Crippen LogP contribution in [0.1, 0.15) is 15.5 Å². The molecule has 0 fully saturated rings. The number of nitrogens with zero attached hydrogens (tertiary/aromatic N) is 1. The van der Waals surface area contributed by atoms with Crippen molar-refractivity contribution in [2.45, 2.75) is 6.61 Å². The van der Waals surface area contributed by atoms with Crippen LogP contribution in [0.5, 0.6) is 5.75 Å². The van der Waals surface area contributed by atoms with E-state index in [1.165, 1.54) is 16.7 Å². The Bertz CT molecular complexity index is 732. The molecule has 0 unspecified atom stereocenters. The molecule has 0 aliphatic carbocycles. The van der Waals surface area contributed by atoms with Gasteiger partial charge in [0.2, 0.25) is 0 Å². The third kappa shape index (κ3) is 2.30. The van der Waals surface area contributed by atoms with Gasteiger partial charge in [-0.1, -0.05) is 12.1 Å². The summed E-state index contributed by atoms with van der Waals surface area (Å²) in [7, 11) is 0. The van der Waals surface area contributed by atoms with E-state index < -0.39 is 5.97 Å². The van der Waals surface area contributed by atoms with Gasteiger partial charge in [0, 0.05) is 17.0 Å². The summed E-state index contributed by atoms with van der Waals surface area (Å²) in [6.45, 7) is 0.260. The minimum absolute atomic E-state index is 0.0571. The van der Waals surface area contributed by atoms with Crippen LogP contribution in [-0.4, -0.2) is 21.0 Å². The van der Waals surface area contributed by atoms with Crippen LogP contribution in [0.3, 0.4) is 0 Å². The zero-order chi connectivity index (χ0) is 13.2. The van der Waals surface area contributed by atoms with E-state index in [2.05, 4.69) is 9.97 Å². The van der Waals surface area contributed by atoms with Crippen LogP contribution in [0, 0.1) is 0 Å². The van der Waals surface area contributed by atoms with E-state index in [4.69, 9.17) is 9.84 Å². The number of aromatic amines is 1. The van der Waals surface area contributed by atoms with Gasteiger partial charge in [-0.15, -0.1) is 11.3 Å². The van der Waals surface area contributed by atoms with Gasteiger partial charge in [-0.25, -0.2) is 9.78 Å². The molecule has 0 saturated heterocycles. The maximum absolute atomic E-state index is 10.7. The molecule has 0 aliphatic rings. The molecule has 1 aromatic carbocycles. The molecule has 0 saturated carbocycles. The number of H-pyrrole nitrogens is 1. The summed E-state index contributed by atoms with van der Waals surface area (Å²) in [6, 6.07) is 7.74. The van der Waals surface area contributed by atoms with Gasteiger partial charge in [0.15, 0.2) is 5.69 Å². The van der Waals surface area contributed by atoms with Gasteiger partial charge < -0.3 is 14.8 Å². The molecule has 19 heavy (non-hydrogen) atoms. The molecule has 0 amide bonds. The minimum atomic E-state index is -1.02. The van der Waals surface area contributed by atoms with E-state index >= 15 is 0 Å². The average Bonchev–Trinajstić information content (AvgIpc) is 3.05. The predicted molar refractivity (Wildman–Crippen MR) is 71.7 cm³/mol. The molecule has 6 heteroatoms. The van der Waals surface area contributed by atoms with Crippen molar-refractivity contribution in [3.63, 3.8) is 0 Å². The molecule has 2 N–H and O–H groups in total. The van der Waals surface area contributed by atoms with Crippen LogP contribution in [0.4, 0.5) is 0 Å². The summed E-state index contributed by atoms with van der Waals surface area (Å²) in [5.41, 5.74) is 0.985. The SMILES string of the molecule is O=C(O)c1csc(COc2cccc3cc[nH]c23)n1. The smallest absolute Gasteiger partial charge is 0.355 e. The van der Waals surface area contributed by atoms with Crippen LogP contribution in [0.15, 0.2) is 35.8 Å². The third-order valence-electron chi connectivity index (χ3n) is 2.67. The van der Waals surface area contributed by atoms with Crippen LogP contribution in [-0.2, 0) is 6.61 Å². The standard InChI is InChI=1S/C13H10N2O3S/c16-13(17)9-7-19-11(15-9)6-18-10-3-1-2-8-4-5-14-12(8)10/h1-5,7,14H,6H2,(H,16,17). The average molecular weight is 274 g/mol. The maximum atomic E-state index is 10.7. The van der Waals surface area contributed by atoms with Gasteiger partial charge in [0.25, 0.3) is 0 Å². The van der Waals surface area contributed by atoms with Crippen molar-refractivity contribution < 1.29 is 14.6 Å². The predicted octanol–water partition coefficient (Wildman–Crippen LogP) is 2.90. The van der Waals surface area contributed by atoms with Crippen LogP contribution >= 0.6 is 11.3 Å². The van der Waals surface area contributed by atoms with Crippen molar-refractivity contribution in [2.24, 2.45) is 0 Å². The number of hydrogen-bond acceptors (Lipinski definition) is 4. The second kappa shape index (κ2) is 4.74. The maximum Gasteiger partial charge on any atom is 0.355 e. The summed E-state index contributed by atoms with van der Waals surface area (Å²) < 4.78 is 5.68. The first-order valence-corrected chi connectivity index (χ1v) is 6.48. The van der Waals surface area contributed by atoms with Crippen LogP contribution in [0.25, 0.3) is 10.9 Å². The molecular weight excluding hydrogens is 264 g/mol. The molecule has 3 aromatic rings. The van der Waals surface area contributed by atoms with Crippen LogP contribution in [0.2, 0.25) is 0 Å². The van der Waals surface area contributed by atoms with E-state index in [9.17, 15) is 4.79 Å². The van der Waals surface area contributed by atoms with Gasteiger partial charge in [-0.3, -0.25) is 0 Å². The lowest BCUT2D eigenvalue weighted by atomic mass is 10.2. The number of carboxylic acids is 1. The normalized spacial score (nSPS) is 10.7. The Morgan fingerprint density at radius 3 is 3.11 bits per heavy atom. The van der Waals surface area contributed by atoms with Gasteiger partial charge >= 0.3 is 5.97 Å². The Labute approximate surface area is 112 Å². The molecule has 0 atom stereocenters. The first kappa shape index (κ1) is 11.7. The van der Waals surface area contributed by atoms with E-state index in [1.807, 2.05) is 30.5 Å². The number of aromatic nitrogens is 2. The zero-order valence-corrected chi connectivity index (χ0v) is 10.6. The summed E-state index contributed by atoms with van der Waals surface area (Å²) in [5.74, 6) is -0.288. The number of hydrogen-bond donors (Lipinski definition) is 2. The number of fused-ring (bicyclic) bond motifs is 1. The monoisotopic (exact) mass is 274 g/mol. The van der Waals surface area contributed by atoms with Crippen molar-refractivity contribution in [2.75, 3.05) is 0 Å². The number of thiazole rings is 1. The number of carboxylic acid groups (broad SMARTS) is 1. The fourth-order valence-electron chi connectivity index (χ4n) is 1.79. The lowest BCUT2D eigenvalue weighted by molar-refractivity contribution is 0.0691. The fraction of sp³-hybridized carbons (Fsp3) is 0.0769. The third-order valence-corrected chi connectivity index (χ3v) is 3.49. The Hall–Kier alpha value is -2.34. The minimum Gasteiger partial charge on any atom is -0.484 e. The summed E-state index contributed by atoms with van der Waals surface area (Å²) in [6.07, 6.45) is 1.85. The van der Waals surface area contributed by atoms with E-state index in [-0.39, 0.29) is 12.3 Å². The highest BCUT2D eigenvalue weighted by molar-refractivity contribution is 7.09. The number of ether oxygens (including phenoxy) is 1. The largest absolute Gasteiger partial charge is 0.484 e. The van der Waals surface area contributed by atoms with Gasteiger partial charge in [-0.05, 0) is 12.1 Å². The molecule has 2 heterocycles. The summed E-state index contributed by atoms with van der Waals surface area (Å²) in [5, 5.41) is 12.0. The number of nitrogens with one attached hydrogen (secondary N) is 1. The van der Waals surface area contributed by atoms with Crippen molar-refractivity contribution in [3.8, 4) is 5.75 Å². The van der Waals surface area contributed by atoms with E-state index in [0.29, 0.717) is 5.01 Å². The summed E-state index contributed by atoms with van der Waals surface area (Å²) in [4.78, 5) is 17.8. The topological polar surface area (TPSA) is 75.2 Å². The number of para-hydroxylation sites is 1. The number of benzene rings is 1. The Kier molecular flexibility index (Phi) is 2.92. The molecule has 0 spiro atoms. The first-order valence-electron chi connectivity index (χ1n) is 5.60. The van der Waals surface area contributed by atoms with E-state index in [0.717, 1.165) is 16.7 Å². The second-order valence-electron chi connectivity index (χ2n) is 3.92. The zero-order valence-electron chi connectivity index (χ0n) is 9.79. The second-order valence-corrected chi connectivity index (χ2v) is 4.86. The molecule has 0 bridgehead atoms. The van der Waals surface area contributed by atoms with Crippen molar-refractivity contribution >= 4 is 28.2 Å². The molecule has 0 radical (unpaired) electrons. The highest BCUT2D eigenvalue weighted by atomic mass is 32.1. The fourth-order valence-corrected chi connectivity index (χ4v) is 2.47. The first-order chi connectivity index (χ1) is 9.24. The molecule has 3 rings (SSSR count). The van der Waals surface area contributed by atoms with Gasteiger partial charge in [-0.2, -0.15) is 0 Å². The quantitative estimate of drug-likeness (QED) is 0.767. The number of rotatable bonds is 4. The Morgan fingerprint density at radius 2 is 2.32 bits per heavy atom. The summed E-state index contributed by atoms with van der Waals surface area (Å²) >= 11 is 1.28. The number of aromatic carboxylic acids is 1. The van der Waals surface area contributed by atoms with E-state index in [1.54, 1.807) is 0 Å². The lowest BCUT2D eigenvalue weighted by Gasteiger charge is -2.05. The van der Waals surface area contributed by atoms with Gasteiger partial charge in [0.1, 0.15) is 17.4 Å². The molecule has 2 aromatic heterocycles. The Balaban J connectivity index is 1.78. The van der Waals surface area contributed by atoms with Gasteiger partial charge in [0.05, 0.1) is 5.52 Å².